The summed E-state index contributed by atoms with van der Waals surface area (Å²) >= 11 is 0. The molecule has 0 saturated heterocycles. The van der Waals surface area contributed by atoms with Crippen LogP contribution in [0.25, 0.3) is 0 Å². The summed E-state index contributed by atoms with van der Waals surface area (Å²) in [5, 5.41) is 71.7. The Morgan fingerprint density at radius 1 is 0.365 bits per heavy atom. The van der Waals surface area contributed by atoms with Crippen LogP contribution in [0.2, 0.25) is 0 Å². The van der Waals surface area contributed by atoms with Gasteiger partial charge in [0.15, 0.2) is 0 Å². The molecule has 0 aliphatic heterocycles. The normalized spacial score (nSPS) is 13.6. The van der Waals surface area contributed by atoms with E-state index in [1.165, 1.54) is 0 Å². The lowest BCUT2D eigenvalue weighted by molar-refractivity contribution is -0.144. The summed E-state index contributed by atoms with van der Waals surface area (Å²) in [6, 6.07) is 2.03. The molecule has 0 aliphatic carbocycles. The number of nitrogens with one attached hydrogen (secondary N) is 11. The summed E-state index contributed by atoms with van der Waals surface area (Å²) in [6.07, 6.45) is -5.90. The van der Waals surface area contributed by atoms with E-state index < -0.39 is 207 Å². The Morgan fingerprint density at radius 2 is 0.659 bits per heavy atom. The Morgan fingerprint density at radius 3 is 1.01 bits per heavy atom. The summed E-state index contributed by atoms with van der Waals surface area (Å²) < 4.78 is 0. The van der Waals surface area contributed by atoms with Crippen LogP contribution >= 0.6 is 0 Å². The topological polar surface area (TPSA) is 533 Å². The van der Waals surface area contributed by atoms with Gasteiger partial charge in [-0.05, 0) is 17.0 Å². The van der Waals surface area contributed by atoms with Crippen molar-refractivity contribution in [3.8, 4) is 0 Å². The molecule has 0 spiro atoms. The van der Waals surface area contributed by atoms with Gasteiger partial charge in [0.05, 0.1) is 57.8 Å². The molecule has 0 aliphatic rings. The van der Waals surface area contributed by atoms with Gasteiger partial charge in [0.25, 0.3) is 0 Å². The Bertz CT molecular complexity index is 2770. The van der Waals surface area contributed by atoms with Crippen molar-refractivity contribution in [3.05, 3.63) is 71.8 Å². The van der Waals surface area contributed by atoms with Crippen LogP contribution in [-0.4, -0.2) is 194 Å². The van der Waals surface area contributed by atoms with E-state index in [2.05, 4.69) is 31.9 Å². The Balaban J connectivity index is 2.22. The number of carboxylic acids is 5. The number of primary amides is 1. The van der Waals surface area contributed by atoms with Gasteiger partial charge in [-0.2, -0.15) is 0 Å². The minimum Gasteiger partial charge on any atom is -0.481 e. The predicted molar refractivity (Wildman–Crippen MR) is 290 cm³/mol. The average molecular weight is 1200 g/mol. The number of nitrogens with two attached hydrogens (primary N) is 1. The molecule has 18 N–H and O–H groups in total. The highest BCUT2D eigenvalue weighted by Gasteiger charge is 2.36. The highest BCUT2D eigenvalue weighted by Crippen LogP contribution is 2.11. The standard InChI is InChI=1S/C52H70N12O21/c1-25(2)44(45(53)78)64-52(85)30(16-28-13-9-6-10-14-28)60-47(80)29(15-27-11-7-5-8-12-27)59-50(83)34(20-42(74)75)63-51(84)35(21-43(76)77)62-49(82)33(19-41(72)73)58-38(67)24-55-36(65)22-54-37(66)23-56-46(79)31(17-39(68)69)61-48(81)32(18-40(70)71)57-26(3)4/h5-14,25-26,29-35,44,57H,15-24H2,1-4H3,(H2,53,78)(H,54,66)(H,55,65)(H,56,79)(H,58,67)(H,59,83)(H,60,80)(H,61,81)(H,62,82)(H,63,84)(H,64,85)(H,68,69)(H,70,71)(H,72,73)(H,74,75)(H,76,77)/t29-,30-,31-,32-,33-,34-,35-,44-/m0/s1. The second-order valence-corrected chi connectivity index (χ2v) is 19.6. The van der Waals surface area contributed by atoms with Crippen LogP contribution in [-0.2, 0) is 89.6 Å². The molecule has 464 valence electrons. The number of benzene rings is 2. The maximum atomic E-state index is 14.2. The largest absolute Gasteiger partial charge is 0.481 e. The van der Waals surface area contributed by atoms with Crippen molar-refractivity contribution in [3.63, 3.8) is 0 Å². The molecule has 0 fully saturated rings. The third-order valence-electron chi connectivity index (χ3n) is 11.7. The summed E-state index contributed by atoms with van der Waals surface area (Å²) in [4.78, 5) is 203. The maximum absolute atomic E-state index is 14.2. The number of carboxylic acid groups (broad SMARTS) is 5. The maximum Gasteiger partial charge on any atom is 0.305 e. The Hall–Kier alpha value is -10.1. The summed E-state index contributed by atoms with van der Waals surface area (Å²) in [5.74, 6) is -21.4. The predicted octanol–water partition coefficient (Wildman–Crippen LogP) is -5.90. The summed E-state index contributed by atoms with van der Waals surface area (Å²) in [7, 11) is 0. The minimum absolute atomic E-state index is 0.142. The third-order valence-corrected chi connectivity index (χ3v) is 11.7. The summed E-state index contributed by atoms with van der Waals surface area (Å²) in [5.41, 5.74) is 6.51. The smallest absolute Gasteiger partial charge is 0.305 e. The van der Waals surface area contributed by atoms with Crippen LogP contribution in [0.3, 0.4) is 0 Å². The molecular weight excluding hydrogens is 1130 g/mol. The van der Waals surface area contributed by atoms with Gasteiger partial charge in [-0.3, -0.25) is 76.7 Å². The molecule has 0 saturated carbocycles. The molecule has 33 nitrogen and oxygen atoms in total. The fourth-order valence-electron chi connectivity index (χ4n) is 7.66. The highest BCUT2D eigenvalue weighted by molar-refractivity contribution is 6.00. The van der Waals surface area contributed by atoms with Gasteiger partial charge in [-0.1, -0.05) is 88.4 Å². The van der Waals surface area contributed by atoms with Crippen molar-refractivity contribution in [2.45, 2.75) is 127 Å². The van der Waals surface area contributed by atoms with Gasteiger partial charge >= 0.3 is 29.8 Å². The van der Waals surface area contributed by atoms with Crippen molar-refractivity contribution in [2.24, 2.45) is 11.7 Å². The average Bonchev–Trinajstić information content (AvgIpc) is 3.43. The quantitative estimate of drug-likeness (QED) is 0.0298. The molecule has 8 atom stereocenters. The molecule has 11 amide bonds. The van der Waals surface area contributed by atoms with E-state index in [1.54, 1.807) is 88.4 Å². The molecule has 0 heterocycles. The van der Waals surface area contributed by atoms with Gasteiger partial charge in [0, 0.05) is 18.9 Å². The minimum atomic E-state index is -2.23. The van der Waals surface area contributed by atoms with Gasteiger partial charge in [0.1, 0.15) is 42.3 Å². The van der Waals surface area contributed by atoms with E-state index in [1.807, 2.05) is 26.6 Å². The fraction of sp³-hybridized carbons (Fsp3) is 0.462. The molecular formula is C52H70N12O21. The van der Waals surface area contributed by atoms with Crippen LogP contribution in [0.4, 0.5) is 0 Å². The van der Waals surface area contributed by atoms with Crippen molar-refractivity contribution < 1.29 is 102 Å². The second-order valence-electron chi connectivity index (χ2n) is 19.6. The third kappa shape index (κ3) is 28.0. The lowest BCUT2D eigenvalue weighted by Crippen LogP contribution is -2.61. The van der Waals surface area contributed by atoms with Crippen LogP contribution < -0.4 is 64.2 Å². The van der Waals surface area contributed by atoms with E-state index >= 15 is 0 Å². The molecule has 0 bridgehead atoms. The zero-order chi connectivity index (χ0) is 64.1. The van der Waals surface area contributed by atoms with Crippen LogP contribution in [0.15, 0.2) is 60.7 Å². The molecule has 2 aromatic rings. The van der Waals surface area contributed by atoms with Crippen molar-refractivity contribution in [2.75, 3.05) is 19.6 Å². The number of rotatable bonds is 38. The van der Waals surface area contributed by atoms with Crippen LogP contribution in [0, 0.1) is 5.92 Å². The van der Waals surface area contributed by atoms with Crippen molar-refractivity contribution >= 4 is 94.8 Å². The van der Waals surface area contributed by atoms with Gasteiger partial charge < -0.3 is 89.8 Å². The molecule has 2 aromatic carbocycles. The van der Waals surface area contributed by atoms with E-state index in [9.17, 15) is 97.1 Å². The van der Waals surface area contributed by atoms with Crippen LogP contribution in [0.5, 0.6) is 0 Å². The lowest BCUT2D eigenvalue weighted by atomic mass is 10.00. The van der Waals surface area contributed by atoms with E-state index in [0.717, 1.165) is 0 Å². The monoisotopic (exact) mass is 1200 g/mol. The lowest BCUT2D eigenvalue weighted by Gasteiger charge is -2.27. The van der Waals surface area contributed by atoms with E-state index in [4.69, 9.17) is 10.8 Å². The zero-order valence-electron chi connectivity index (χ0n) is 46.5. The Labute approximate surface area is 484 Å². The van der Waals surface area contributed by atoms with E-state index in [-0.39, 0.29) is 12.8 Å². The first-order chi connectivity index (χ1) is 39.8. The second kappa shape index (κ2) is 35.7. The zero-order valence-corrected chi connectivity index (χ0v) is 46.5. The molecule has 33 heteroatoms. The number of amides is 11. The highest BCUT2D eigenvalue weighted by atomic mass is 16.4. The molecule has 2 rings (SSSR count). The van der Waals surface area contributed by atoms with Crippen molar-refractivity contribution in [1.82, 2.24) is 58.5 Å². The Kier molecular flexibility index (Phi) is 29.8. The number of carbonyl (C=O) groups is 16. The first-order valence-corrected chi connectivity index (χ1v) is 26.0. The van der Waals surface area contributed by atoms with Crippen LogP contribution in [0.1, 0.15) is 70.9 Å². The van der Waals surface area contributed by atoms with Gasteiger partial charge in [-0.25, -0.2) is 0 Å². The van der Waals surface area contributed by atoms with Gasteiger partial charge in [-0.15, -0.1) is 0 Å². The number of hydrogen-bond donors (Lipinski definition) is 17. The van der Waals surface area contributed by atoms with Gasteiger partial charge in [0.2, 0.25) is 65.0 Å². The summed E-state index contributed by atoms with van der Waals surface area (Å²) in [6.45, 7) is 3.63. The SMILES string of the molecule is CC(C)N[C@@H](CC(=O)O)C(=O)N[C@@H](CC(=O)O)C(=O)NCC(=O)NCC(=O)NCC(=O)N[C@@H](CC(=O)O)C(=O)N[C@@H](CC(=O)O)C(=O)N[C@@H](CC(=O)O)C(=O)N[C@@H](Cc1ccccc1)C(=O)N[C@@H](Cc1ccccc1)C(=O)N[C@H](C(N)=O)C(C)C. The number of hydrogen-bond acceptors (Lipinski definition) is 17. The molecule has 0 unspecified atom stereocenters. The molecule has 0 aromatic heterocycles. The van der Waals surface area contributed by atoms with Crippen molar-refractivity contribution in [1.29, 1.82) is 0 Å². The number of carbonyl (C=O) groups excluding carboxylic acids is 11. The molecule has 85 heavy (non-hydrogen) atoms. The number of aliphatic carboxylic acids is 5. The first-order valence-electron chi connectivity index (χ1n) is 26.0. The molecule has 0 radical (unpaired) electrons. The van der Waals surface area contributed by atoms with E-state index in [0.29, 0.717) is 11.1 Å². The fourth-order valence-corrected chi connectivity index (χ4v) is 7.66. The first kappa shape index (κ1) is 71.0.